The van der Waals surface area contributed by atoms with Crippen LogP contribution in [0.15, 0.2) is 24.3 Å². The molecule has 1 aromatic carbocycles. The van der Waals surface area contributed by atoms with Crippen molar-refractivity contribution in [2.24, 2.45) is 0 Å². The van der Waals surface area contributed by atoms with Crippen LogP contribution in [0.25, 0.3) is 0 Å². The summed E-state index contributed by atoms with van der Waals surface area (Å²) in [4.78, 5) is 14.3. The Balaban J connectivity index is 2.00. The first-order valence-corrected chi connectivity index (χ1v) is 6.47. The maximum atomic E-state index is 12.2. The molecule has 2 aliphatic rings. The highest BCUT2D eigenvalue weighted by Gasteiger charge is 2.30. The van der Waals surface area contributed by atoms with E-state index in [2.05, 4.69) is 17.4 Å². The van der Waals surface area contributed by atoms with Gasteiger partial charge < -0.3 is 10.2 Å². The van der Waals surface area contributed by atoms with Crippen molar-refractivity contribution in [3.05, 3.63) is 29.8 Å². The van der Waals surface area contributed by atoms with Gasteiger partial charge >= 0.3 is 0 Å². The van der Waals surface area contributed by atoms with Gasteiger partial charge in [0.15, 0.2) is 0 Å². The second kappa shape index (κ2) is 4.49. The van der Waals surface area contributed by atoms with E-state index >= 15 is 0 Å². The maximum Gasteiger partial charge on any atom is 0.241 e. The fourth-order valence-electron chi connectivity index (χ4n) is 2.98. The van der Waals surface area contributed by atoms with Crippen LogP contribution in [0.3, 0.4) is 0 Å². The molecule has 1 heterocycles. The third-order valence-electron chi connectivity index (χ3n) is 3.80. The first-order valence-electron chi connectivity index (χ1n) is 6.47. The number of amides is 1. The summed E-state index contributed by atoms with van der Waals surface area (Å²) in [7, 11) is 0. The average molecular weight is 230 g/mol. The number of nitrogens with zero attached hydrogens (tertiary/aromatic N) is 1. The standard InChI is InChI=1S/C14H18N2O/c17-14-10-15-9-11-5-1-4-8-13(11)16(14)12-6-2-3-7-12/h1,4-5,8,12,15H,2-3,6-7,9-10H2. The molecule has 0 atom stereocenters. The summed E-state index contributed by atoms with van der Waals surface area (Å²) in [5.41, 5.74) is 2.36. The molecule has 17 heavy (non-hydrogen) atoms. The first kappa shape index (κ1) is 10.8. The van der Waals surface area contributed by atoms with Crippen LogP contribution in [0.5, 0.6) is 0 Å². The second-order valence-electron chi connectivity index (χ2n) is 4.93. The van der Waals surface area contributed by atoms with Gasteiger partial charge in [-0.2, -0.15) is 0 Å². The lowest BCUT2D eigenvalue weighted by Gasteiger charge is -2.29. The molecule has 3 rings (SSSR count). The van der Waals surface area contributed by atoms with Crippen LogP contribution in [0.4, 0.5) is 5.69 Å². The molecule has 1 fully saturated rings. The van der Waals surface area contributed by atoms with E-state index in [0.717, 1.165) is 25.1 Å². The highest BCUT2D eigenvalue weighted by Crippen LogP contribution is 2.31. The van der Waals surface area contributed by atoms with E-state index in [1.165, 1.54) is 18.4 Å². The minimum atomic E-state index is 0.224. The zero-order valence-corrected chi connectivity index (χ0v) is 9.98. The lowest BCUT2D eigenvalue weighted by molar-refractivity contribution is -0.118. The number of benzene rings is 1. The molecular formula is C14H18N2O. The molecule has 0 spiro atoms. The molecule has 0 radical (unpaired) electrons. The third kappa shape index (κ3) is 1.95. The molecule has 1 amide bonds. The number of hydrogen-bond acceptors (Lipinski definition) is 2. The average Bonchev–Trinajstić information content (AvgIpc) is 2.80. The van der Waals surface area contributed by atoms with Gasteiger partial charge in [-0.25, -0.2) is 0 Å². The minimum absolute atomic E-state index is 0.224. The number of nitrogens with one attached hydrogen (secondary N) is 1. The number of rotatable bonds is 1. The van der Waals surface area contributed by atoms with Crippen molar-refractivity contribution in [3.63, 3.8) is 0 Å². The number of para-hydroxylation sites is 1. The van der Waals surface area contributed by atoms with Crippen LogP contribution in [-0.2, 0) is 11.3 Å². The largest absolute Gasteiger partial charge is 0.308 e. The van der Waals surface area contributed by atoms with E-state index in [1.54, 1.807) is 0 Å². The zero-order valence-electron chi connectivity index (χ0n) is 9.98. The van der Waals surface area contributed by atoms with Gasteiger partial charge in [0.05, 0.1) is 6.54 Å². The third-order valence-corrected chi connectivity index (χ3v) is 3.80. The van der Waals surface area contributed by atoms with Crippen molar-refractivity contribution in [1.82, 2.24) is 5.32 Å². The summed E-state index contributed by atoms with van der Waals surface area (Å²) in [5, 5.41) is 3.22. The van der Waals surface area contributed by atoms with E-state index in [9.17, 15) is 4.79 Å². The Bertz CT molecular complexity index is 424. The van der Waals surface area contributed by atoms with E-state index in [-0.39, 0.29) is 5.91 Å². The molecule has 1 aliphatic carbocycles. The van der Waals surface area contributed by atoms with Gasteiger partial charge in [0.2, 0.25) is 5.91 Å². The lowest BCUT2D eigenvalue weighted by atomic mass is 10.1. The highest BCUT2D eigenvalue weighted by molar-refractivity contribution is 5.96. The second-order valence-corrected chi connectivity index (χ2v) is 4.93. The van der Waals surface area contributed by atoms with Crippen LogP contribution in [0.1, 0.15) is 31.2 Å². The quantitative estimate of drug-likeness (QED) is 0.801. The van der Waals surface area contributed by atoms with Gasteiger partial charge in [0, 0.05) is 18.3 Å². The first-order chi connectivity index (χ1) is 8.36. The summed E-state index contributed by atoms with van der Waals surface area (Å²) in [5.74, 6) is 0.224. The monoisotopic (exact) mass is 230 g/mol. The lowest BCUT2D eigenvalue weighted by Crippen LogP contribution is -2.41. The fraction of sp³-hybridized carbons (Fsp3) is 0.500. The van der Waals surface area contributed by atoms with Crippen molar-refractivity contribution in [2.75, 3.05) is 11.4 Å². The van der Waals surface area contributed by atoms with Crippen molar-refractivity contribution in [1.29, 1.82) is 0 Å². The summed E-state index contributed by atoms with van der Waals surface area (Å²) in [6, 6.07) is 8.69. The Morgan fingerprint density at radius 3 is 2.71 bits per heavy atom. The fourth-order valence-corrected chi connectivity index (χ4v) is 2.98. The van der Waals surface area contributed by atoms with E-state index in [4.69, 9.17) is 0 Å². The Morgan fingerprint density at radius 1 is 1.12 bits per heavy atom. The predicted octanol–water partition coefficient (Wildman–Crippen LogP) is 2.07. The molecule has 1 N–H and O–H groups in total. The molecule has 1 aromatic rings. The summed E-state index contributed by atoms with van der Waals surface area (Å²) >= 11 is 0. The number of carbonyl (C=O) groups is 1. The van der Waals surface area contributed by atoms with Crippen LogP contribution in [-0.4, -0.2) is 18.5 Å². The number of fused-ring (bicyclic) bond motifs is 1. The molecule has 0 aromatic heterocycles. The molecule has 0 bridgehead atoms. The number of hydrogen-bond donors (Lipinski definition) is 1. The van der Waals surface area contributed by atoms with Crippen molar-refractivity contribution < 1.29 is 4.79 Å². The van der Waals surface area contributed by atoms with E-state index in [1.807, 2.05) is 17.0 Å². The minimum Gasteiger partial charge on any atom is -0.308 e. The van der Waals surface area contributed by atoms with Gasteiger partial charge in [-0.1, -0.05) is 31.0 Å². The van der Waals surface area contributed by atoms with E-state index < -0.39 is 0 Å². The number of carbonyl (C=O) groups excluding carboxylic acids is 1. The Morgan fingerprint density at radius 2 is 1.88 bits per heavy atom. The maximum absolute atomic E-state index is 12.2. The van der Waals surface area contributed by atoms with Gasteiger partial charge in [-0.3, -0.25) is 4.79 Å². The predicted molar refractivity (Wildman–Crippen MR) is 67.9 cm³/mol. The van der Waals surface area contributed by atoms with Crippen LogP contribution >= 0.6 is 0 Å². The molecule has 3 heteroatoms. The Kier molecular flexibility index (Phi) is 2.85. The summed E-state index contributed by atoms with van der Waals surface area (Å²) < 4.78 is 0. The summed E-state index contributed by atoms with van der Waals surface area (Å²) in [6.07, 6.45) is 4.81. The molecule has 90 valence electrons. The summed E-state index contributed by atoms with van der Waals surface area (Å²) in [6.45, 7) is 1.26. The topological polar surface area (TPSA) is 32.3 Å². The van der Waals surface area contributed by atoms with Crippen LogP contribution < -0.4 is 10.2 Å². The van der Waals surface area contributed by atoms with Gasteiger partial charge in [0.25, 0.3) is 0 Å². The number of anilines is 1. The SMILES string of the molecule is O=C1CNCc2ccccc2N1C1CCCC1. The van der Waals surface area contributed by atoms with Crippen LogP contribution in [0.2, 0.25) is 0 Å². The molecule has 0 unspecified atom stereocenters. The smallest absolute Gasteiger partial charge is 0.241 e. The highest BCUT2D eigenvalue weighted by atomic mass is 16.2. The molecular weight excluding hydrogens is 212 g/mol. The zero-order chi connectivity index (χ0) is 11.7. The van der Waals surface area contributed by atoms with Crippen molar-refractivity contribution >= 4 is 11.6 Å². The molecule has 3 nitrogen and oxygen atoms in total. The molecule has 1 saturated carbocycles. The van der Waals surface area contributed by atoms with Gasteiger partial charge in [0.1, 0.15) is 0 Å². The van der Waals surface area contributed by atoms with Gasteiger partial charge in [-0.05, 0) is 24.5 Å². The molecule has 0 saturated heterocycles. The van der Waals surface area contributed by atoms with Gasteiger partial charge in [-0.15, -0.1) is 0 Å². The van der Waals surface area contributed by atoms with Crippen molar-refractivity contribution in [2.45, 2.75) is 38.3 Å². The Labute approximate surface area is 102 Å². The van der Waals surface area contributed by atoms with E-state index in [0.29, 0.717) is 12.6 Å². The Hall–Kier alpha value is -1.35. The van der Waals surface area contributed by atoms with Crippen LogP contribution in [0, 0.1) is 0 Å². The van der Waals surface area contributed by atoms with Crippen molar-refractivity contribution in [3.8, 4) is 0 Å². The molecule has 1 aliphatic heterocycles. The normalized spacial score (nSPS) is 21.4.